The quantitative estimate of drug-likeness (QED) is 0.719. The van der Waals surface area contributed by atoms with Crippen molar-refractivity contribution in [2.24, 2.45) is 0 Å². The van der Waals surface area contributed by atoms with E-state index in [-0.39, 0.29) is 12.5 Å². The zero-order valence-corrected chi connectivity index (χ0v) is 14.4. The van der Waals surface area contributed by atoms with Crippen LogP contribution in [0.25, 0.3) is 10.2 Å². The Morgan fingerprint density at radius 2 is 1.96 bits per heavy atom. The van der Waals surface area contributed by atoms with Gasteiger partial charge in [0.1, 0.15) is 12.2 Å². The fourth-order valence-electron chi connectivity index (χ4n) is 2.59. The number of thiophene rings is 1. The lowest BCUT2D eigenvalue weighted by atomic mass is 10.1. The van der Waals surface area contributed by atoms with Gasteiger partial charge in [-0.15, -0.1) is 11.3 Å². The summed E-state index contributed by atoms with van der Waals surface area (Å²) >= 11 is 1.53. The molecule has 0 atom stereocenters. The second-order valence-electron chi connectivity index (χ2n) is 5.38. The van der Waals surface area contributed by atoms with Gasteiger partial charge in [0.2, 0.25) is 5.91 Å². The molecule has 124 valence electrons. The number of ether oxygens (including phenoxy) is 1. The highest BCUT2D eigenvalue weighted by Gasteiger charge is 2.18. The first-order valence-corrected chi connectivity index (χ1v) is 8.54. The molecule has 5 nitrogen and oxygen atoms in total. The summed E-state index contributed by atoms with van der Waals surface area (Å²) in [7, 11) is 1.34. The largest absolute Gasteiger partial charge is 0.464 e. The van der Waals surface area contributed by atoms with E-state index in [1.807, 2.05) is 35.7 Å². The Balaban J connectivity index is 1.81. The van der Waals surface area contributed by atoms with Crippen LogP contribution in [0.15, 0.2) is 41.8 Å². The Kier molecular flexibility index (Phi) is 4.66. The van der Waals surface area contributed by atoms with Gasteiger partial charge in [-0.05, 0) is 41.6 Å². The van der Waals surface area contributed by atoms with Crippen molar-refractivity contribution in [3.63, 3.8) is 0 Å². The molecule has 6 heteroatoms. The molecule has 0 unspecified atom stereocenters. The number of esters is 1. The minimum absolute atomic E-state index is 0.0557. The van der Waals surface area contributed by atoms with Gasteiger partial charge in [0, 0.05) is 5.69 Å². The first kappa shape index (κ1) is 16.3. The number of hydrogen-bond donors (Lipinski definition) is 1. The summed E-state index contributed by atoms with van der Waals surface area (Å²) in [5.74, 6) is -0.633. The van der Waals surface area contributed by atoms with Crippen LogP contribution in [0.5, 0.6) is 0 Å². The number of carbonyl (C=O) groups excluding carboxylic acids is 2. The van der Waals surface area contributed by atoms with Crippen LogP contribution in [0.2, 0.25) is 0 Å². The molecule has 0 saturated carbocycles. The van der Waals surface area contributed by atoms with E-state index in [1.54, 1.807) is 10.6 Å². The predicted molar refractivity (Wildman–Crippen MR) is 95.6 cm³/mol. The van der Waals surface area contributed by atoms with Crippen LogP contribution < -0.4 is 5.32 Å². The van der Waals surface area contributed by atoms with Gasteiger partial charge in [-0.3, -0.25) is 4.79 Å². The Morgan fingerprint density at radius 1 is 1.21 bits per heavy atom. The van der Waals surface area contributed by atoms with Gasteiger partial charge in [0.25, 0.3) is 0 Å². The van der Waals surface area contributed by atoms with Gasteiger partial charge in [-0.1, -0.05) is 19.1 Å². The van der Waals surface area contributed by atoms with E-state index < -0.39 is 5.97 Å². The number of aryl methyl sites for hydroxylation is 1. The Morgan fingerprint density at radius 3 is 2.62 bits per heavy atom. The topological polar surface area (TPSA) is 60.3 Å². The summed E-state index contributed by atoms with van der Waals surface area (Å²) in [6.07, 6.45) is 0.955. The third-order valence-electron chi connectivity index (χ3n) is 3.86. The Hall–Kier alpha value is -2.60. The summed E-state index contributed by atoms with van der Waals surface area (Å²) in [5, 5.41) is 4.80. The lowest BCUT2D eigenvalue weighted by Crippen LogP contribution is -2.21. The number of benzene rings is 1. The summed E-state index contributed by atoms with van der Waals surface area (Å²) in [6, 6.07) is 11.4. The van der Waals surface area contributed by atoms with E-state index in [0.717, 1.165) is 22.3 Å². The van der Waals surface area contributed by atoms with Crippen LogP contribution in [0.1, 0.15) is 23.0 Å². The average molecular weight is 342 g/mol. The zero-order valence-electron chi connectivity index (χ0n) is 13.5. The number of hydrogen-bond acceptors (Lipinski definition) is 4. The van der Waals surface area contributed by atoms with Crippen LogP contribution in [0, 0.1) is 0 Å². The minimum Gasteiger partial charge on any atom is -0.464 e. The number of nitrogens with one attached hydrogen (secondary N) is 1. The fourth-order valence-corrected chi connectivity index (χ4v) is 3.41. The second-order valence-corrected chi connectivity index (χ2v) is 6.32. The van der Waals surface area contributed by atoms with E-state index in [2.05, 4.69) is 12.2 Å². The molecule has 0 radical (unpaired) electrons. The first-order valence-electron chi connectivity index (χ1n) is 7.66. The molecule has 2 heterocycles. The molecule has 0 saturated heterocycles. The van der Waals surface area contributed by atoms with Crippen molar-refractivity contribution in [3.8, 4) is 0 Å². The van der Waals surface area contributed by atoms with E-state index in [1.165, 1.54) is 24.0 Å². The Bertz CT molecular complexity index is 877. The first-order chi connectivity index (χ1) is 11.6. The number of anilines is 1. The van der Waals surface area contributed by atoms with Crippen molar-refractivity contribution in [1.29, 1.82) is 0 Å². The second kappa shape index (κ2) is 6.88. The molecule has 3 aromatic rings. The molecule has 0 aliphatic heterocycles. The SMILES string of the molecule is CCc1ccc(NC(=O)Cn2c(C(=O)OC)cc3sccc32)cc1. The molecule has 24 heavy (non-hydrogen) atoms. The van der Waals surface area contributed by atoms with E-state index in [4.69, 9.17) is 4.74 Å². The van der Waals surface area contributed by atoms with Crippen molar-refractivity contribution >= 4 is 39.1 Å². The molecule has 0 aliphatic rings. The fraction of sp³-hybridized carbons (Fsp3) is 0.222. The molecule has 1 aromatic carbocycles. The van der Waals surface area contributed by atoms with Gasteiger partial charge < -0.3 is 14.6 Å². The normalized spacial score (nSPS) is 10.8. The van der Waals surface area contributed by atoms with E-state index in [9.17, 15) is 9.59 Å². The molecular formula is C18H18N2O3S. The van der Waals surface area contributed by atoms with Crippen LogP contribution in [0.3, 0.4) is 0 Å². The molecular weight excluding hydrogens is 324 g/mol. The molecule has 3 rings (SSSR count). The standard InChI is InChI=1S/C18H18N2O3S/c1-3-12-4-6-13(7-5-12)19-17(21)11-20-14-8-9-24-16(14)10-15(20)18(22)23-2/h4-10H,3,11H2,1-2H3,(H,19,21). The maximum Gasteiger partial charge on any atom is 0.354 e. The van der Waals surface area contributed by atoms with E-state index in [0.29, 0.717) is 5.69 Å². The number of methoxy groups -OCH3 is 1. The molecule has 1 N–H and O–H groups in total. The molecule has 0 aliphatic carbocycles. The number of carbonyl (C=O) groups is 2. The number of rotatable bonds is 5. The van der Waals surface area contributed by atoms with Crippen LogP contribution in [0.4, 0.5) is 5.69 Å². The van der Waals surface area contributed by atoms with Crippen molar-refractivity contribution in [1.82, 2.24) is 4.57 Å². The van der Waals surface area contributed by atoms with E-state index >= 15 is 0 Å². The summed E-state index contributed by atoms with van der Waals surface area (Å²) in [5.41, 5.74) is 3.20. The monoisotopic (exact) mass is 342 g/mol. The molecule has 1 amide bonds. The number of nitrogens with zero attached hydrogens (tertiary/aromatic N) is 1. The van der Waals surface area contributed by atoms with Crippen LogP contribution in [-0.4, -0.2) is 23.6 Å². The minimum atomic E-state index is -0.446. The van der Waals surface area contributed by atoms with Crippen LogP contribution >= 0.6 is 11.3 Å². The van der Waals surface area contributed by atoms with Gasteiger partial charge in [0.05, 0.1) is 17.3 Å². The average Bonchev–Trinajstić information content (AvgIpc) is 3.17. The predicted octanol–water partition coefficient (Wildman–Crippen LogP) is 3.69. The smallest absolute Gasteiger partial charge is 0.354 e. The zero-order chi connectivity index (χ0) is 17.1. The van der Waals surface area contributed by atoms with Gasteiger partial charge in [-0.2, -0.15) is 0 Å². The summed E-state index contributed by atoms with van der Waals surface area (Å²) in [4.78, 5) is 24.3. The highest BCUT2D eigenvalue weighted by atomic mass is 32.1. The summed E-state index contributed by atoms with van der Waals surface area (Å²) in [6.45, 7) is 2.14. The third-order valence-corrected chi connectivity index (χ3v) is 4.72. The number of amides is 1. The Labute approximate surface area is 143 Å². The highest BCUT2D eigenvalue weighted by molar-refractivity contribution is 7.17. The molecule has 0 fully saturated rings. The van der Waals surface area contributed by atoms with Crippen molar-refractivity contribution < 1.29 is 14.3 Å². The van der Waals surface area contributed by atoms with Gasteiger partial charge in [0.15, 0.2) is 0 Å². The third kappa shape index (κ3) is 3.19. The van der Waals surface area contributed by atoms with Crippen molar-refractivity contribution in [3.05, 3.63) is 53.0 Å². The lowest BCUT2D eigenvalue weighted by molar-refractivity contribution is -0.116. The van der Waals surface area contributed by atoms with Gasteiger partial charge >= 0.3 is 5.97 Å². The summed E-state index contributed by atoms with van der Waals surface area (Å²) < 4.78 is 7.46. The highest BCUT2D eigenvalue weighted by Crippen LogP contribution is 2.26. The lowest BCUT2D eigenvalue weighted by Gasteiger charge is -2.10. The van der Waals surface area contributed by atoms with Crippen molar-refractivity contribution in [2.45, 2.75) is 19.9 Å². The maximum atomic E-state index is 12.4. The maximum absolute atomic E-state index is 12.4. The number of aromatic nitrogens is 1. The molecule has 0 spiro atoms. The van der Waals surface area contributed by atoms with Gasteiger partial charge in [-0.25, -0.2) is 4.79 Å². The molecule has 2 aromatic heterocycles. The van der Waals surface area contributed by atoms with Crippen molar-refractivity contribution in [2.75, 3.05) is 12.4 Å². The number of fused-ring (bicyclic) bond motifs is 1. The molecule has 0 bridgehead atoms. The van der Waals surface area contributed by atoms with Crippen LogP contribution in [-0.2, 0) is 22.5 Å².